The zero-order chi connectivity index (χ0) is 11.0. The Morgan fingerprint density at radius 3 is 2.94 bits per heavy atom. The molecular weight excluding hydrogens is 220 g/mol. The predicted octanol–water partition coefficient (Wildman–Crippen LogP) is 2.93. The Balaban J connectivity index is 1.77. The quantitative estimate of drug-likeness (QED) is 0.818. The molecule has 4 heteroatoms. The van der Waals surface area contributed by atoms with Gasteiger partial charge in [-0.25, -0.2) is 4.98 Å². The summed E-state index contributed by atoms with van der Waals surface area (Å²) in [5.74, 6) is 0.627. The lowest BCUT2D eigenvalue weighted by Crippen LogP contribution is -2.36. The molecule has 1 saturated carbocycles. The zero-order valence-electron chi connectivity index (χ0n) is 9.45. The summed E-state index contributed by atoms with van der Waals surface area (Å²) in [6.07, 6.45) is 9.42. The third kappa shape index (κ3) is 1.84. The summed E-state index contributed by atoms with van der Waals surface area (Å²) in [5, 5.41) is 0.696. The Morgan fingerprint density at radius 2 is 2.25 bits per heavy atom. The second-order valence-electron chi connectivity index (χ2n) is 5.03. The summed E-state index contributed by atoms with van der Waals surface area (Å²) in [7, 11) is 0. The second-order valence-corrected chi connectivity index (χ2v) is 6.12. The molecule has 3 nitrogen and oxygen atoms in total. The van der Waals surface area contributed by atoms with Crippen LogP contribution in [0.2, 0.25) is 0 Å². The van der Waals surface area contributed by atoms with Crippen LogP contribution in [0.25, 0.3) is 0 Å². The molecule has 1 atom stereocenters. The van der Waals surface area contributed by atoms with E-state index in [1.807, 2.05) is 6.20 Å². The zero-order valence-corrected chi connectivity index (χ0v) is 10.3. The van der Waals surface area contributed by atoms with Crippen molar-refractivity contribution in [1.29, 1.82) is 0 Å². The summed E-state index contributed by atoms with van der Waals surface area (Å²) in [5.41, 5.74) is 5.90. The van der Waals surface area contributed by atoms with Crippen LogP contribution in [0.5, 0.6) is 0 Å². The van der Waals surface area contributed by atoms with Crippen LogP contribution in [-0.2, 0) is 4.74 Å². The Hall–Kier alpha value is -0.610. The molecule has 1 aromatic rings. The van der Waals surface area contributed by atoms with E-state index < -0.39 is 0 Å². The van der Waals surface area contributed by atoms with Crippen LogP contribution in [-0.4, -0.2) is 17.2 Å². The van der Waals surface area contributed by atoms with Crippen molar-refractivity contribution in [2.45, 2.75) is 50.0 Å². The number of hydrogen-bond acceptors (Lipinski definition) is 4. The Labute approximate surface area is 100 Å². The third-order valence-corrected chi connectivity index (χ3v) is 4.94. The number of anilines is 1. The fraction of sp³-hybridized carbons (Fsp3) is 0.750. The first-order valence-corrected chi connectivity index (χ1v) is 6.94. The molecule has 1 saturated heterocycles. The van der Waals surface area contributed by atoms with Gasteiger partial charge in [0.2, 0.25) is 0 Å². The fourth-order valence-electron chi connectivity index (χ4n) is 3.13. The van der Waals surface area contributed by atoms with Gasteiger partial charge in [0.05, 0.1) is 5.60 Å². The summed E-state index contributed by atoms with van der Waals surface area (Å²) in [4.78, 5) is 5.52. The number of thiazole rings is 1. The molecule has 0 radical (unpaired) electrons. The number of hydrogen-bond donors (Lipinski definition) is 1. The molecule has 88 valence electrons. The normalized spacial score (nSPS) is 28.6. The molecule has 2 heterocycles. The molecule has 16 heavy (non-hydrogen) atoms. The van der Waals surface area contributed by atoms with Crippen molar-refractivity contribution >= 4 is 16.5 Å². The monoisotopic (exact) mass is 238 g/mol. The van der Waals surface area contributed by atoms with Gasteiger partial charge in [-0.15, -0.1) is 11.3 Å². The lowest BCUT2D eigenvalue weighted by atomic mass is 9.84. The van der Waals surface area contributed by atoms with Crippen molar-refractivity contribution in [1.82, 2.24) is 4.98 Å². The molecule has 1 aliphatic heterocycles. The van der Waals surface area contributed by atoms with Gasteiger partial charge in [0.25, 0.3) is 0 Å². The van der Waals surface area contributed by atoms with E-state index in [1.165, 1.54) is 37.0 Å². The van der Waals surface area contributed by atoms with E-state index in [1.54, 1.807) is 11.3 Å². The summed E-state index contributed by atoms with van der Waals surface area (Å²) >= 11 is 1.65. The summed E-state index contributed by atoms with van der Waals surface area (Å²) < 4.78 is 6.04. The van der Waals surface area contributed by atoms with Crippen molar-refractivity contribution in [3.63, 3.8) is 0 Å². The van der Waals surface area contributed by atoms with Crippen LogP contribution >= 0.6 is 11.3 Å². The van der Waals surface area contributed by atoms with E-state index in [0.717, 1.165) is 13.0 Å². The molecule has 0 aromatic carbocycles. The summed E-state index contributed by atoms with van der Waals surface area (Å²) in [6, 6.07) is 0. The van der Waals surface area contributed by atoms with Crippen molar-refractivity contribution in [3.05, 3.63) is 11.1 Å². The van der Waals surface area contributed by atoms with Gasteiger partial charge in [-0.2, -0.15) is 0 Å². The van der Waals surface area contributed by atoms with Crippen molar-refractivity contribution < 1.29 is 4.74 Å². The number of nitrogens with zero attached hydrogens (tertiary/aromatic N) is 1. The fourth-order valence-corrected chi connectivity index (χ4v) is 3.95. The van der Waals surface area contributed by atoms with E-state index >= 15 is 0 Å². The molecule has 1 aromatic heterocycles. The predicted molar refractivity (Wildman–Crippen MR) is 65.7 cm³/mol. The van der Waals surface area contributed by atoms with Gasteiger partial charge in [0.1, 0.15) is 0 Å². The number of nitrogens with two attached hydrogens (primary N) is 1. The van der Waals surface area contributed by atoms with Gasteiger partial charge in [-0.05, 0) is 31.6 Å². The van der Waals surface area contributed by atoms with E-state index in [0.29, 0.717) is 11.0 Å². The number of nitrogen functional groups attached to an aromatic ring is 1. The number of rotatable bonds is 1. The smallest absolute Gasteiger partial charge is 0.180 e. The van der Waals surface area contributed by atoms with Crippen molar-refractivity contribution in [2.75, 3.05) is 12.3 Å². The molecule has 3 rings (SSSR count). The largest absolute Gasteiger partial charge is 0.375 e. The first kappa shape index (κ1) is 10.5. The second kappa shape index (κ2) is 4.00. The van der Waals surface area contributed by atoms with Crippen LogP contribution in [0.15, 0.2) is 6.20 Å². The highest BCUT2D eigenvalue weighted by molar-refractivity contribution is 7.15. The van der Waals surface area contributed by atoms with Crippen LogP contribution in [0.1, 0.15) is 49.3 Å². The minimum absolute atomic E-state index is 0.196. The topological polar surface area (TPSA) is 48.1 Å². The van der Waals surface area contributed by atoms with Gasteiger partial charge in [0, 0.05) is 17.7 Å². The van der Waals surface area contributed by atoms with Gasteiger partial charge in [-0.1, -0.05) is 12.8 Å². The van der Waals surface area contributed by atoms with Crippen LogP contribution in [0, 0.1) is 0 Å². The molecule has 2 fully saturated rings. The lowest BCUT2D eigenvalue weighted by Gasteiger charge is -2.37. The number of aromatic nitrogens is 1. The van der Waals surface area contributed by atoms with Gasteiger partial charge in [-0.3, -0.25) is 0 Å². The van der Waals surface area contributed by atoms with Crippen LogP contribution < -0.4 is 5.73 Å². The first-order chi connectivity index (χ1) is 7.77. The molecule has 2 N–H and O–H groups in total. The lowest BCUT2D eigenvalue weighted by molar-refractivity contribution is -0.0800. The SMILES string of the molecule is Nc1ncc(C2CCOC3(CCCC3)C2)s1. The van der Waals surface area contributed by atoms with Gasteiger partial charge in [0.15, 0.2) is 5.13 Å². The molecule has 2 aliphatic rings. The molecule has 1 unspecified atom stereocenters. The van der Waals surface area contributed by atoms with E-state index in [4.69, 9.17) is 10.5 Å². The molecule has 1 aliphatic carbocycles. The highest BCUT2D eigenvalue weighted by atomic mass is 32.1. The van der Waals surface area contributed by atoms with Crippen molar-refractivity contribution in [3.8, 4) is 0 Å². The average molecular weight is 238 g/mol. The highest BCUT2D eigenvalue weighted by Gasteiger charge is 2.40. The average Bonchev–Trinajstić information content (AvgIpc) is 2.89. The minimum Gasteiger partial charge on any atom is -0.375 e. The Bertz CT molecular complexity index is 371. The maximum atomic E-state index is 6.04. The number of ether oxygens (including phenoxy) is 1. The van der Waals surface area contributed by atoms with E-state index in [9.17, 15) is 0 Å². The standard InChI is InChI=1S/C12H18N2OS/c13-11-14-8-10(16-11)9-3-6-15-12(7-9)4-1-2-5-12/h8-9H,1-7H2,(H2,13,14). The van der Waals surface area contributed by atoms with Gasteiger partial charge >= 0.3 is 0 Å². The minimum atomic E-state index is 0.196. The molecule has 0 bridgehead atoms. The van der Waals surface area contributed by atoms with E-state index in [2.05, 4.69) is 4.98 Å². The Morgan fingerprint density at radius 1 is 1.44 bits per heavy atom. The molecule has 0 amide bonds. The molecular formula is C12H18N2OS. The maximum absolute atomic E-state index is 6.04. The first-order valence-electron chi connectivity index (χ1n) is 6.13. The van der Waals surface area contributed by atoms with E-state index in [-0.39, 0.29) is 5.60 Å². The van der Waals surface area contributed by atoms with Gasteiger partial charge < -0.3 is 10.5 Å². The van der Waals surface area contributed by atoms with Crippen molar-refractivity contribution in [2.24, 2.45) is 0 Å². The molecule has 1 spiro atoms. The highest BCUT2D eigenvalue weighted by Crippen LogP contribution is 2.46. The van der Waals surface area contributed by atoms with Crippen LogP contribution in [0.4, 0.5) is 5.13 Å². The summed E-state index contributed by atoms with van der Waals surface area (Å²) in [6.45, 7) is 0.905. The Kier molecular flexibility index (Phi) is 2.64. The van der Waals surface area contributed by atoms with Crippen LogP contribution in [0.3, 0.4) is 0 Å². The third-order valence-electron chi connectivity index (χ3n) is 3.95. The maximum Gasteiger partial charge on any atom is 0.180 e.